The SMILES string of the molecule is CN(C)CCON=C[C@H]1CC[C@]2(O)C[C@@H](C=CCCO)CC[C@]12C. The van der Waals surface area contributed by atoms with Gasteiger partial charge in [-0.1, -0.05) is 24.2 Å². The van der Waals surface area contributed by atoms with Crippen molar-refractivity contribution in [3.63, 3.8) is 0 Å². The van der Waals surface area contributed by atoms with Gasteiger partial charge < -0.3 is 20.0 Å². The van der Waals surface area contributed by atoms with E-state index in [0.717, 1.165) is 38.6 Å². The highest BCUT2D eigenvalue weighted by Gasteiger charge is 2.58. The number of rotatable bonds is 8. The fraction of sp³-hybridized carbons (Fsp3) is 0.842. The number of allylic oxidation sites excluding steroid dienone is 1. The van der Waals surface area contributed by atoms with E-state index < -0.39 is 5.60 Å². The fourth-order valence-corrected chi connectivity index (χ4v) is 4.28. The first-order valence-electron chi connectivity index (χ1n) is 9.21. The van der Waals surface area contributed by atoms with E-state index in [9.17, 15) is 5.11 Å². The highest BCUT2D eigenvalue weighted by Crippen LogP contribution is 2.58. The highest BCUT2D eigenvalue weighted by atomic mass is 16.6. The van der Waals surface area contributed by atoms with Gasteiger partial charge in [0.25, 0.3) is 0 Å². The molecular weight excluding hydrogens is 304 g/mol. The van der Waals surface area contributed by atoms with Gasteiger partial charge in [-0.25, -0.2) is 0 Å². The van der Waals surface area contributed by atoms with Crippen molar-refractivity contribution in [3.8, 4) is 0 Å². The quantitative estimate of drug-likeness (QED) is 0.309. The zero-order valence-electron chi connectivity index (χ0n) is 15.4. The molecule has 0 unspecified atom stereocenters. The van der Waals surface area contributed by atoms with Crippen LogP contribution in [-0.4, -0.2) is 60.8 Å². The van der Waals surface area contributed by atoms with Gasteiger partial charge in [-0.15, -0.1) is 0 Å². The van der Waals surface area contributed by atoms with Gasteiger partial charge in [-0.2, -0.15) is 0 Å². The molecule has 0 bridgehead atoms. The third kappa shape index (κ3) is 4.38. The molecule has 24 heavy (non-hydrogen) atoms. The van der Waals surface area contributed by atoms with E-state index in [2.05, 4.69) is 23.1 Å². The van der Waals surface area contributed by atoms with Gasteiger partial charge in [0.15, 0.2) is 0 Å². The number of hydrogen-bond acceptors (Lipinski definition) is 5. The van der Waals surface area contributed by atoms with Crippen LogP contribution in [0, 0.1) is 17.3 Å². The van der Waals surface area contributed by atoms with Gasteiger partial charge in [0.05, 0.1) is 5.60 Å². The average molecular weight is 338 g/mol. The minimum absolute atomic E-state index is 0.108. The van der Waals surface area contributed by atoms with Gasteiger partial charge >= 0.3 is 0 Å². The molecule has 2 fully saturated rings. The monoisotopic (exact) mass is 338 g/mol. The molecule has 138 valence electrons. The summed E-state index contributed by atoms with van der Waals surface area (Å²) in [6.45, 7) is 3.85. The van der Waals surface area contributed by atoms with Crippen molar-refractivity contribution in [3.05, 3.63) is 12.2 Å². The average Bonchev–Trinajstić information content (AvgIpc) is 2.78. The fourth-order valence-electron chi connectivity index (χ4n) is 4.28. The second-order valence-corrected chi connectivity index (χ2v) is 7.93. The molecular formula is C19H34N2O3. The Labute approximate surface area is 146 Å². The van der Waals surface area contributed by atoms with Crippen LogP contribution in [0.2, 0.25) is 0 Å². The number of fused-ring (bicyclic) bond motifs is 1. The van der Waals surface area contributed by atoms with E-state index in [-0.39, 0.29) is 17.9 Å². The van der Waals surface area contributed by atoms with Crippen molar-refractivity contribution >= 4 is 6.21 Å². The van der Waals surface area contributed by atoms with Crippen LogP contribution in [0.25, 0.3) is 0 Å². The number of hydrogen-bond donors (Lipinski definition) is 2. The minimum Gasteiger partial charge on any atom is -0.396 e. The Morgan fingerprint density at radius 3 is 2.79 bits per heavy atom. The Morgan fingerprint density at radius 1 is 1.29 bits per heavy atom. The molecule has 5 heteroatoms. The summed E-state index contributed by atoms with van der Waals surface area (Å²) in [7, 11) is 4.03. The molecule has 2 saturated carbocycles. The number of nitrogens with zero attached hydrogens (tertiary/aromatic N) is 2. The zero-order valence-corrected chi connectivity index (χ0v) is 15.4. The van der Waals surface area contributed by atoms with E-state index in [1.54, 1.807) is 0 Å². The predicted octanol–water partition coefficient (Wildman–Crippen LogP) is 2.44. The highest BCUT2D eigenvalue weighted by molar-refractivity contribution is 5.62. The van der Waals surface area contributed by atoms with Crippen molar-refractivity contribution < 1.29 is 15.1 Å². The van der Waals surface area contributed by atoms with Crippen molar-refractivity contribution in [2.75, 3.05) is 33.9 Å². The van der Waals surface area contributed by atoms with Crippen LogP contribution in [0.3, 0.4) is 0 Å². The van der Waals surface area contributed by atoms with Crippen molar-refractivity contribution in [2.24, 2.45) is 22.4 Å². The maximum Gasteiger partial charge on any atom is 0.129 e. The van der Waals surface area contributed by atoms with Gasteiger partial charge in [0, 0.05) is 30.7 Å². The molecule has 4 atom stereocenters. The Bertz CT molecular complexity index is 452. The molecule has 0 saturated heterocycles. The van der Waals surface area contributed by atoms with Crippen LogP contribution in [0.1, 0.15) is 45.4 Å². The number of aliphatic hydroxyl groups is 2. The summed E-state index contributed by atoms with van der Waals surface area (Å²) in [5.41, 5.74) is -0.720. The molecule has 2 N–H and O–H groups in total. The molecule has 0 aliphatic heterocycles. The lowest BCUT2D eigenvalue weighted by Crippen LogP contribution is -2.49. The van der Waals surface area contributed by atoms with Crippen molar-refractivity contribution in [1.29, 1.82) is 0 Å². The number of oxime groups is 1. The first kappa shape index (κ1) is 19.4. The van der Waals surface area contributed by atoms with E-state index in [4.69, 9.17) is 9.94 Å². The van der Waals surface area contributed by atoms with E-state index in [1.807, 2.05) is 26.4 Å². The maximum absolute atomic E-state index is 11.3. The molecule has 2 rings (SSSR count). The Balaban J connectivity index is 1.92. The second-order valence-electron chi connectivity index (χ2n) is 7.93. The number of aliphatic hydroxyl groups excluding tert-OH is 1. The van der Waals surface area contributed by atoms with Crippen LogP contribution in [0.4, 0.5) is 0 Å². The smallest absolute Gasteiger partial charge is 0.129 e. The van der Waals surface area contributed by atoms with Gasteiger partial charge in [0.1, 0.15) is 6.61 Å². The summed E-state index contributed by atoms with van der Waals surface area (Å²) < 4.78 is 0. The lowest BCUT2D eigenvalue weighted by Gasteiger charge is -2.48. The van der Waals surface area contributed by atoms with Crippen LogP contribution >= 0.6 is 0 Å². The lowest BCUT2D eigenvalue weighted by molar-refractivity contribution is -0.1000. The number of likely N-dealkylation sites (N-methyl/N-ethyl adjacent to an activating group) is 1. The molecule has 0 heterocycles. The van der Waals surface area contributed by atoms with E-state index in [0.29, 0.717) is 18.9 Å². The molecule has 0 aromatic rings. The standard InChI is InChI=1S/C19H34N2O3/c1-18-9-7-16(6-4-5-12-22)14-19(18,23)10-8-17(18)15-20-24-13-11-21(2)3/h4,6,15-17,22-23H,5,7-14H2,1-3H3/t16-,17+,18+,19-/m0/s1. The molecule has 0 aromatic carbocycles. The van der Waals surface area contributed by atoms with E-state index >= 15 is 0 Å². The van der Waals surface area contributed by atoms with Gasteiger partial charge in [0.2, 0.25) is 0 Å². The zero-order chi connectivity index (χ0) is 17.6. The lowest BCUT2D eigenvalue weighted by atomic mass is 9.60. The van der Waals surface area contributed by atoms with Gasteiger partial charge in [-0.3, -0.25) is 0 Å². The molecule has 2 aliphatic carbocycles. The summed E-state index contributed by atoms with van der Waals surface area (Å²) in [4.78, 5) is 7.43. The molecule has 2 aliphatic rings. The first-order chi connectivity index (χ1) is 11.4. The molecule has 0 aromatic heterocycles. The van der Waals surface area contributed by atoms with Crippen molar-refractivity contribution in [2.45, 2.75) is 51.0 Å². The molecule has 0 amide bonds. The van der Waals surface area contributed by atoms with Crippen LogP contribution < -0.4 is 0 Å². The summed E-state index contributed by atoms with van der Waals surface area (Å²) >= 11 is 0. The van der Waals surface area contributed by atoms with E-state index in [1.165, 1.54) is 0 Å². The molecule has 5 nitrogen and oxygen atoms in total. The predicted molar refractivity (Wildman–Crippen MR) is 97.0 cm³/mol. The molecule has 0 radical (unpaired) electrons. The summed E-state index contributed by atoms with van der Waals surface area (Å²) in [6, 6.07) is 0. The minimum atomic E-state index is -0.611. The Morgan fingerprint density at radius 2 is 2.08 bits per heavy atom. The third-order valence-corrected chi connectivity index (χ3v) is 6.03. The Hall–Kier alpha value is -0.910. The second kappa shape index (κ2) is 8.45. The summed E-state index contributed by atoms with van der Waals surface area (Å²) in [5, 5.41) is 24.3. The third-order valence-electron chi connectivity index (χ3n) is 6.03. The summed E-state index contributed by atoms with van der Waals surface area (Å²) in [6.07, 6.45) is 11.6. The van der Waals surface area contributed by atoms with Crippen LogP contribution in [-0.2, 0) is 4.84 Å². The van der Waals surface area contributed by atoms with Crippen LogP contribution in [0.15, 0.2) is 17.3 Å². The summed E-state index contributed by atoms with van der Waals surface area (Å²) in [5.74, 6) is 0.700. The maximum atomic E-state index is 11.3. The van der Waals surface area contributed by atoms with Crippen LogP contribution in [0.5, 0.6) is 0 Å². The van der Waals surface area contributed by atoms with Gasteiger partial charge in [-0.05, 0) is 58.5 Å². The van der Waals surface area contributed by atoms with Crippen molar-refractivity contribution in [1.82, 2.24) is 4.90 Å². The molecule has 0 spiro atoms. The first-order valence-corrected chi connectivity index (χ1v) is 9.21. The topological polar surface area (TPSA) is 65.3 Å². The largest absolute Gasteiger partial charge is 0.396 e. The Kier molecular flexibility index (Phi) is 6.84. The normalized spacial score (nSPS) is 36.8.